The molecule has 2 aromatic carbocycles. The van der Waals surface area contributed by atoms with Crippen molar-refractivity contribution < 1.29 is 18.7 Å². The number of benzene rings is 2. The molecule has 7 heteroatoms. The zero-order valence-corrected chi connectivity index (χ0v) is 17.6. The van der Waals surface area contributed by atoms with E-state index in [1.54, 1.807) is 23.9 Å². The van der Waals surface area contributed by atoms with E-state index in [2.05, 4.69) is 0 Å². The molecule has 0 aromatic heterocycles. The van der Waals surface area contributed by atoms with Gasteiger partial charge in [0.2, 0.25) is 5.91 Å². The van der Waals surface area contributed by atoms with E-state index in [1.807, 2.05) is 40.1 Å². The molecule has 0 unspecified atom stereocenters. The first kappa shape index (κ1) is 20.9. The molecule has 2 aromatic rings. The number of carbonyl (C=O) groups excluding carboxylic acids is 2. The number of amides is 2. The molecule has 0 N–H and O–H groups in total. The van der Waals surface area contributed by atoms with Crippen molar-refractivity contribution in [1.82, 2.24) is 9.80 Å². The first-order valence-corrected chi connectivity index (χ1v) is 11.2. The van der Waals surface area contributed by atoms with Gasteiger partial charge in [-0.3, -0.25) is 9.59 Å². The fourth-order valence-corrected chi connectivity index (χ4v) is 5.57. The average molecular weight is 429 g/mol. The number of thioether (sulfide) groups is 1. The molecule has 5 nitrogen and oxygen atoms in total. The summed E-state index contributed by atoms with van der Waals surface area (Å²) in [5, 5.41) is 0. The highest BCUT2D eigenvalue weighted by Crippen LogP contribution is 2.44. The monoisotopic (exact) mass is 428 g/mol. The maximum atomic E-state index is 13.6. The number of halogens is 1. The number of rotatable bonds is 5. The fraction of sp³-hybridized carbons (Fsp3) is 0.391. The molecule has 30 heavy (non-hydrogen) atoms. The van der Waals surface area contributed by atoms with Crippen molar-refractivity contribution in [3.05, 3.63) is 71.5 Å². The Morgan fingerprint density at radius 2 is 1.80 bits per heavy atom. The van der Waals surface area contributed by atoms with E-state index in [1.165, 1.54) is 12.1 Å². The molecule has 0 saturated carbocycles. The minimum absolute atomic E-state index is 0.0215. The molecule has 0 bridgehead atoms. The quantitative estimate of drug-likeness (QED) is 0.731. The number of ether oxygens (including phenoxy) is 1. The molecule has 2 aliphatic heterocycles. The first-order valence-electron chi connectivity index (χ1n) is 10.2. The van der Waals surface area contributed by atoms with Gasteiger partial charge < -0.3 is 14.5 Å². The highest BCUT2D eigenvalue weighted by molar-refractivity contribution is 8.00. The molecule has 158 valence electrons. The third-order valence-corrected chi connectivity index (χ3v) is 7.28. The van der Waals surface area contributed by atoms with Crippen molar-refractivity contribution in [1.29, 1.82) is 0 Å². The van der Waals surface area contributed by atoms with Crippen LogP contribution in [0.3, 0.4) is 0 Å². The van der Waals surface area contributed by atoms with Crippen LogP contribution in [0.5, 0.6) is 0 Å². The summed E-state index contributed by atoms with van der Waals surface area (Å²) in [6.07, 6.45) is 1.42. The predicted molar refractivity (Wildman–Crippen MR) is 115 cm³/mol. The predicted octanol–water partition coefficient (Wildman–Crippen LogP) is 3.55. The van der Waals surface area contributed by atoms with Crippen LogP contribution in [0, 0.1) is 5.82 Å². The third-order valence-electron chi connectivity index (χ3n) is 5.73. The van der Waals surface area contributed by atoms with E-state index >= 15 is 0 Å². The van der Waals surface area contributed by atoms with Crippen molar-refractivity contribution in [2.45, 2.75) is 24.3 Å². The Bertz CT molecular complexity index is 900. The van der Waals surface area contributed by atoms with E-state index in [0.29, 0.717) is 44.6 Å². The molecule has 0 atom stereocenters. The van der Waals surface area contributed by atoms with Crippen LogP contribution in [0.25, 0.3) is 0 Å². The lowest BCUT2D eigenvalue weighted by Gasteiger charge is -2.44. The summed E-state index contributed by atoms with van der Waals surface area (Å²) in [6.45, 7) is 2.30. The van der Waals surface area contributed by atoms with Crippen LogP contribution in [-0.4, -0.2) is 58.5 Å². The second-order valence-corrected chi connectivity index (χ2v) is 9.08. The molecule has 2 amide bonds. The van der Waals surface area contributed by atoms with Gasteiger partial charge in [0.1, 0.15) is 12.4 Å². The van der Waals surface area contributed by atoms with E-state index in [4.69, 9.17) is 4.74 Å². The number of nitrogens with zero attached hydrogens (tertiary/aromatic N) is 2. The maximum absolute atomic E-state index is 13.6. The van der Waals surface area contributed by atoms with E-state index < -0.39 is 5.82 Å². The molecule has 2 fully saturated rings. The summed E-state index contributed by atoms with van der Waals surface area (Å²) in [6, 6.07) is 15.6. The number of piperidine rings is 1. The smallest absolute Gasteiger partial charge is 0.255 e. The Morgan fingerprint density at radius 3 is 2.53 bits per heavy atom. The number of carbonyl (C=O) groups is 2. The molecule has 0 aliphatic carbocycles. The van der Waals surface area contributed by atoms with Gasteiger partial charge in [-0.1, -0.05) is 36.4 Å². The van der Waals surface area contributed by atoms with Crippen LogP contribution in [-0.2, 0) is 16.1 Å². The highest BCUT2D eigenvalue weighted by atomic mass is 32.2. The Balaban J connectivity index is 1.32. The van der Waals surface area contributed by atoms with Gasteiger partial charge in [0.25, 0.3) is 5.91 Å². The van der Waals surface area contributed by atoms with Crippen LogP contribution in [0.1, 0.15) is 28.8 Å². The van der Waals surface area contributed by atoms with Gasteiger partial charge >= 0.3 is 0 Å². The molecular weight excluding hydrogens is 403 g/mol. The van der Waals surface area contributed by atoms with Crippen LogP contribution in [0.2, 0.25) is 0 Å². The Labute approximate surface area is 180 Å². The van der Waals surface area contributed by atoms with Crippen molar-refractivity contribution in [3.63, 3.8) is 0 Å². The Kier molecular flexibility index (Phi) is 6.39. The lowest BCUT2D eigenvalue weighted by Crippen LogP contribution is -2.54. The topological polar surface area (TPSA) is 49.9 Å². The van der Waals surface area contributed by atoms with E-state index in [9.17, 15) is 14.0 Å². The van der Waals surface area contributed by atoms with Crippen molar-refractivity contribution in [2.24, 2.45) is 0 Å². The number of likely N-dealkylation sites (tertiary alicyclic amines) is 1. The third kappa shape index (κ3) is 4.52. The van der Waals surface area contributed by atoms with Crippen molar-refractivity contribution in [2.75, 3.05) is 32.0 Å². The zero-order chi connectivity index (χ0) is 21.0. The highest BCUT2D eigenvalue weighted by Gasteiger charge is 2.47. The largest absolute Gasteiger partial charge is 0.367 e. The normalized spacial score (nSPS) is 18.0. The fourth-order valence-electron chi connectivity index (χ4n) is 4.11. The van der Waals surface area contributed by atoms with Crippen molar-refractivity contribution in [3.8, 4) is 0 Å². The summed E-state index contributed by atoms with van der Waals surface area (Å²) in [4.78, 5) is 28.9. The minimum Gasteiger partial charge on any atom is -0.367 e. The van der Waals surface area contributed by atoms with Gasteiger partial charge in [-0.15, -0.1) is 11.8 Å². The van der Waals surface area contributed by atoms with Gasteiger partial charge in [-0.05, 0) is 36.6 Å². The zero-order valence-electron chi connectivity index (χ0n) is 16.8. The lowest BCUT2D eigenvalue weighted by atomic mass is 10.0. The van der Waals surface area contributed by atoms with Crippen LogP contribution < -0.4 is 0 Å². The minimum atomic E-state index is -0.405. The summed E-state index contributed by atoms with van der Waals surface area (Å²) >= 11 is 1.77. The van der Waals surface area contributed by atoms with Crippen LogP contribution in [0.15, 0.2) is 54.6 Å². The second kappa shape index (κ2) is 9.18. The molecule has 4 rings (SSSR count). The molecule has 2 saturated heterocycles. The summed E-state index contributed by atoms with van der Waals surface area (Å²) in [5.41, 5.74) is 1.42. The van der Waals surface area contributed by atoms with E-state index in [0.717, 1.165) is 11.3 Å². The number of hydrogen-bond acceptors (Lipinski definition) is 4. The molecule has 0 radical (unpaired) electrons. The van der Waals surface area contributed by atoms with Gasteiger partial charge in [-0.25, -0.2) is 4.39 Å². The standard InChI is InChI=1S/C23H25FN2O3S/c24-20-8-4-7-19(15-20)22(28)26-13-14-30-23(26)9-11-25(12-10-23)21(27)17-29-16-18-5-2-1-3-6-18/h1-8,15H,9-14,16-17H2. The second-order valence-electron chi connectivity index (χ2n) is 7.62. The maximum Gasteiger partial charge on any atom is 0.255 e. The Hall–Kier alpha value is -2.38. The van der Waals surface area contributed by atoms with Gasteiger partial charge in [0.05, 0.1) is 11.5 Å². The molecular formula is C23H25FN2O3S. The summed E-state index contributed by atoms with van der Waals surface area (Å²) in [5.74, 6) is 0.296. The van der Waals surface area contributed by atoms with E-state index in [-0.39, 0.29) is 23.3 Å². The van der Waals surface area contributed by atoms with Gasteiger partial charge in [-0.2, -0.15) is 0 Å². The summed E-state index contributed by atoms with van der Waals surface area (Å²) < 4.78 is 19.2. The van der Waals surface area contributed by atoms with Crippen molar-refractivity contribution >= 4 is 23.6 Å². The SMILES string of the molecule is O=C(COCc1ccccc1)N1CCC2(CC1)SCCN2C(=O)c1cccc(F)c1. The first-order chi connectivity index (χ1) is 14.6. The lowest BCUT2D eigenvalue weighted by molar-refractivity contribution is -0.138. The van der Waals surface area contributed by atoms with Gasteiger partial charge in [0.15, 0.2) is 0 Å². The average Bonchev–Trinajstić information content (AvgIpc) is 3.17. The van der Waals surface area contributed by atoms with Crippen LogP contribution in [0.4, 0.5) is 4.39 Å². The molecule has 2 heterocycles. The molecule has 2 aliphatic rings. The van der Waals surface area contributed by atoms with Crippen LogP contribution >= 0.6 is 11.8 Å². The Morgan fingerprint density at radius 1 is 1.03 bits per heavy atom. The molecule has 1 spiro atoms. The number of hydrogen-bond donors (Lipinski definition) is 0. The summed E-state index contributed by atoms with van der Waals surface area (Å²) in [7, 11) is 0. The van der Waals surface area contributed by atoms with Gasteiger partial charge in [0, 0.05) is 31.0 Å².